The highest BCUT2D eigenvalue weighted by Gasteiger charge is 2.43. The van der Waals surface area contributed by atoms with Gasteiger partial charge >= 0.3 is 11.9 Å². The molecule has 4 rings (SSSR count). The Morgan fingerprint density at radius 3 is 2.21 bits per heavy atom. The number of amides is 1. The maximum Gasteiger partial charge on any atom is 0.338 e. The molecule has 2 heterocycles. The number of benzene rings is 2. The minimum Gasteiger partial charge on any atom is -0.459 e. The molecule has 1 amide bonds. The van der Waals surface area contributed by atoms with Gasteiger partial charge < -0.3 is 19.5 Å². The van der Waals surface area contributed by atoms with E-state index in [0.717, 1.165) is 0 Å². The molecule has 34 heavy (non-hydrogen) atoms. The number of halogens is 2. The first-order valence-corrected chi connectivity index (χ1v) is 11.1. The van der Waals surface area contributed by atoms with E-state index in [1.165, 1.54) is 41.4 Å². The van der Waals surface area contributed by atoms with Crippen LogP contribution in [0.3, 0.4) is 0 Å². The van der Waals surface area contributed by atoms with Crippen LogP contribution in [-0.2, 0) is 19.0 Å². The molecular weight excluding hydrogens is 483 g/mol. The average molecular weight is 503 g/mol. The van der Waals surface area contributed by atoms with Crippen molar-refractivity contribution in [2.75, 3.05) is 6.61 Å². The summed E-state index contributed by atoms with van der Waals surface area (Å²) in [6.07, 6.45) is 0.574. The summed E-state index contributed by atoms with van der Waals surface area (Å²) in [7, 11) is 0. The number of esters is 2. The topological polar surface area (TPSA) is 94.2 Å². The molecule has 176 valence electrons. The largest absolute Gasteiger partial charge is 0.459 e. The van der Waals surface area contributed by atoms with Gasteiger partial charge in [0.05, 0.1) is 11.1 Å². The fourth-order valence-corrected chi connectivity index (χ4v) is 3.81. The molecule has 1 fully saturated rings. The smallest absolute Gasteiger partial charge is 0.338 e. The Hall–Kier alpha value is -3.33. The summed E-state index contributed by atoms with van der Waals surface area (Å²) in [5, 5.41) is 3.82. The predicted octanol–water partition coefficient (Wildman–Crippen LogP) is 3.91. The van der Waals surface area contributed by atoms with Crippen molar-refractivity contribution in [3.63, 3.8) is 0 Å². The standard InChI is InChI=1S/C24H20Cl2N2O6/c1-14-27-11-10-21(29)28(14)22-12-19(34-24(31)16-4-8-18(26)9-5-16)20(33-22)13-32-23(30)15-2-6-17(25)7-3-15/h2-11,19-20,22,27H,1,12-13H2/t19-,20-,22-/m1/s1. The Kier molecular flexibility index (Phi) is 7.21. The van der Waals surface area contributed by atoms with E-state index in [0.29, 0.717) is 27.0 Å². The van der Waals surface area contributed by atoms with E-state index in [-0.39, 0.29) is 18.9 Å². The van der Waals surface area contributed by atoms with Crippen molar-refractivity contribution in [3.8, 4) is 0 Å². The van der Waals surface area contributed by atoms with Gasteiger partial charge in [0.25, 0.3) is 5.91 Å². The van der Waals surface area contributed by atoms with Gasteiger partial charge in [-0.05, 0) is 48.5 Å². The van der Waals surface area contributed by atoms with Gasteiger partial charge in [-0.2, -0.15) is 0 Å². The second-order valence-corrected chi connectivity index (χ2v) is 8.43. The molecule has 0 spiro atoms. The fourth-order valence-electron chi connectivity index (χ4n) is 3.56. The van der Waals surface area contributed by atoms with E-state index < -0.39 is 30.4 Å². The van der Waals surface area contributed by atoms with Crippen molar-refractivity contribution in [2.45, 2.75) is 24.9 Å². The van der Waals surface area contributed by atoms with Crippen LogP contribution >= 0.6 is 23.2 Å². The lowest BCUT2D eigenvalue weighted by atomic mass is 10.1. The maximum absolute atomic E-state index is 12.7. The number of ether oxygens (including phenoxy) is 3. The van der Waals surface area contributed by atoms with Gasteiger partial charge in [0.2, 0.25) is 0 Å². The molecule has 3 atom stereocenters. The monoisotopic (exact) mass is 502 g/mol. The number of carbonyl (C=O) groups excluding carboxylic acids is 3. The van der Waals surface area contributed by atoms with Crippen LogP contribution in [-0.4, -0.2) is 47.8 Å². The molecule has 0 aliphatic carbocycles. The Labute approximate surface area is 205 Å². The van der Waals surface area contributed by atoms with E-state index in [9.17, 15) is 14.4 Å². The highest BCUT2D eigenvalue weighted by molar-refractivity contribution is 6.31. The summed E-state index contributed by atoms with van der Waals surface area (Å²) in [4.78, 5) is 38.9. The van der Waals surface area contributed by atoms with Gasteiger partial charge in [0.15, 0.2) is 0 Å². The van der Waals surface area contributed by atoms with E-state index in [1.54, 1.807) is 24.3 Å². The number of carbonyl (C=O) groups is 3. The lowest BCUT2D eigenvalue weighted by molar-refractivity contribution is -0.138. The number of hydrogen-bond donors (Lipinski definition) is 1. The van der Waals surface area contributed by atoms with Crippen LogP contribution in [0.4, 0.5) is 0 Å². The lowest BCUT2D eigenvalue weighted by Crippen LogP contribution is -2.44. The van der Waals surface area contributed by atoms with Crippen molar-refractivity contribution in [2.24, 2.45) is 0 Å². The van der Waals surface area contributed by atoms with E-state index in [1.807, 2.05) is 0 Å². The van der Waals surface area contributed by atoms with Gasteiger partial charge in [-0.25, -0.2) is 9.59 Å². The molecule has 8 nitrogen and oxygen atoms in total. The minimum absolute atomic E-state index is 0.156. The summed E-state index contributed by atoms with van der Waals surface area (Å²) < 4.78 is 17.1. The van der Waals surface area contributed by atoms with Gasteiger partial charge in [0, 0.05) is 28.7 Å². The zero-order valence-electron chi connectivity index (χ0n) is 17.8. The van der Waals surface area contributed by atoms with Crippen molar-refractivity contribution in [3.05, 3.63) is 94.4 Å². The van der Waals surface area contributed by atoms with E-state index >= 15 is 0 Å². The molecular formula is C24H20Cl2N2O6. The number of hydrogen-bond acceptors (Lipinski definition) is 7. The molecule has 0 unspecified atom stereocenters. The highest BCUT2D eigenvalue weighted by atomic mass is 35.5. The molecule has 2 aliphatic rings. The summed E-state index contributed by atoms with van der Waals surface area (Å²) >= 11 is 11.7. The lowest BCUT2D eigenvalue weighted by Gasteiger charge is -2.31. The average Bonchev–Trinajstić information content (AvgIpc) is 3.20. The van der Waals surface area contributed by atoms with Crippen LogP contribution in [0.1, 0.15) is 27.1 Å². The maximum atomic E-state index is 12.7. The van der Waals surface area contributed by atoms with Crippen LogP contribution in [0.15, 0.2) is 73.2 Å². The number of nitrogens with one attached hydrogen (secondary N) is 1. The molecule has 2 aromatic carbocycles. The molecule has 1 N–H and O–H groups in total. The second kappa shape index (κ2) is 10.3. The molecule has 0 aromatic heterocycles. The van der Waals surface area contributed by atoms with E-state index in [4.69, 9.17) is 37.4 Å². The Balaban J connectivity index is 1.48. The van der Waals surface area contributed by atoms with Crippen molar-refractivity contribution in [1.29, 1.82) is 0 Å². The summed E-state index contributed by atoms with van der Waals surface area (Å²) in [6.45, 7) is 3.62. The fraction of sp³-hybridized carbons (Fsp3) is 0.208. The van der Waals surface area contributed by atoms with Crippen LogP contribution in [0.5, 0.6) is 0 Å². The molecule has 2 aromatic rings. The molecule has 2 aliphatic heterocycles. The first-order chi connectivity index (χ1) is 16.3. The van der Waals surface area contributed by atoms with Gasteiger partial charge in [0.1, 0.15) is 30.9 Å². The molecule has 0 saturated carbocycles. The molecule has 0 bridgehead atoms. The predicted molar refractivity (Wildman–Crippen MR) is 124 cm³/mol. The first kappa shape index (κ1) is 23.8. The molecule has 10 heteroatoms. The molecule has 1 saturated heterocycles. The van der Waals surface area contributed by atoms with Crippen molar-refractivity contribution >= 4 is 41.0 Å². The Morgan fingerprint density at radius 1 is 1.03 bits per heavy atom. The summed E-state index contributed by atoms with van der Waals surface area (Å²) in [5.41, 5.74) is 0.607. The quantitative estimate of drug-likeness (QED) is 0.598. The molecule has 0 radical (unpaired) electrons. The Morgan fingerprint density at radius 2 is 1.62 bits per heavy atom. The first-order valence-electron chi connectivity index (χ1n) is 10.3. The van der Waals surface area contributed by atoms with Crippen molar-refractivity contribution in [1.82, 2.24) is 10.2 Å². The van der Waals surface area contributed by atoms with Crippen LogP contribution < -0.4 is 5.32 Å². The number of rotatable bonds is 6. The number of nitrogens with zero attached hydrogens (tertiary/aromatic N) is 1. The Bertz CT molecular complexity index is 1130. The third-order valence-electron chi connectivity index (χ3n) is 5.27. The minimum atomic E-state index is -0.816. The normalized spacial score (nSPS) is 21.8. The third-order valence-corrected chi connectivity index (χ3v) is 5.77. The van der Waals surface area contributed by atoms with Crippen molar-refractivity contribution < 1.29 is 28.6 Å². The van der Waals surface area contributed by atoms with E-state index in [2.05, 4.69) is 11.9 Å². The summed E-state index contributed by atoms with van der Waals surface area (Å²) in [5.74, 6) is -1.20. The second-order valence-electron chi connectivity index (χ2n) is 7.55. The highest BCUT2D eigenvalue weighted by Crippen LogP contribution is 2.30. The SMILES string of the molecule is C=C1NC=CC(=O)N1[C@H]1C[C@@H](OC(=O)c2ccc(Cl)cc2)[C@@H](COC(=O)c2ccc(Cl)cc2)O1. The van der Waals surface area contributed by atoms with Gasteiger partial charge in [-0.1, -0.05) is 29.8 Å². The van der Waals surface area contributed by atoms with Crippen LogP contribution in [0, 0.1) is 0 Å². The third kappa shape index (κ3) is 5.41. The van der Waals surface area contributed by atoms with Crippen LogP contribution in [0.2, 0.25) is 10.0 Å². The van der Waals surface area contributed by atoms with Gasteiger partial charge in [-0.3, -0.25) is 9.69 Å². The van der Waals surface area contributed by atoms with Gasteiger partial charge in [-0.15, -0.1) is 0 Å². The zero-order valence-corrected chi connectivity index (χ0v) is 19.3. The van der Waals surface area contributed by atoms with Crippen LogP contribution in [0.25, 0.3) is 0 Å². The zero-order chi connectivity index (χ0) is 24.2. The summed E-state index contributed by atoms with van der Waals surface area (Å²) in [6, 6.07) is 12.5.